The summed E-state index contributed by atoms with van der Waals surface area (Å²) in [5, 5.41) is 18.6. The average molecular weight is 372 g/mol. The van der Waals surface area contributed by atoms with Gasteiger partial charge in [0, 0.05) is 16.7 Å². The van der Waals surface area contributed by atoms with E-state index in [2.05, 4.69) is 15.4 Å². The molecule has 2 aromatic carbocycles. The maximum atomic E-state index is 12.5. The third kappa shape index (κ3) is 3.70. The molecule has 3 aromatic rings. The summed E-state index contributed by atoms with van der Waals surface area (Å²) in [6, 6.07) is 11.0. The van der Waals surface area contributed by atoms with E-state index >= 15 is 0 Å². The molecule has 26 heavy (non-hydrogen) atoms. The average Bonchev–Trinajstić information content (AvgIpc) is 3.15. The van der Waals surface area contributed by atoms with E-state index < -0.39 is 10.8 Å². The fourth-order valence-corrected chi connectivity index (χ4v) is 2.68. The molecule has 0 aliphatic carbocycles. The third-order valence-corrected chi connectivity index (χ3v) is 4.03. The van der Waals surface area contributed by atoms with Gasteiger partial charge >= 0.3 is 0 Å². The van der Waals surface area contributed by atoms with Crippen LogP contribution in [0, 0.1) is 10.1 Å². The number of benzene rings is 2. The predicted octanol–water partition coefficient (Wildman–Crippen LogP) is 3.32. The summed E-state index contributed by atoms with van der Waals surface area (Å²) in [5.74, 6) is -0.425. The van der Waals surface area contributed by atoms with Gasteiger partial charge in [-0.05, 0) is 36.8 Å². The molecule has 0 aliphatic rings. The molecule has 0 radical (unpaired) electrons. The van der Waals surface area contributed by atoms with Gasteiger partial charge < -0.3 is 5.32 Å². The Bertz CT molecular complexity index is 959. The lowest BCUT2D eigenvalue weighted by molar-refractivity contribution is -0.384. The number of halogens is 1. The quantitative estimate of drug-likeness (QED) is 0.547. The van der Waals surface area contributed by atoms with Crippen molar-refractivity contribution in [2.24, 2.45) is 0 Å². The van der Waals surface area contributed by atoms with Gasteiger partial charge in [-0.2, -0.15) is 5.10 Å². The van der Waals surface area contributed by atoms with Crippen LogP contribution >= 0.6 is 11.6 Å². The maximum Gasteiger partial charge on any atom is 0.295 e. The van der Waals surface area contributed by atoms with Crippen molar-refractivity contribution in [3.8, 4) is 5.69 Å². The molecule has 1 heterocycles. The molecule has 1 aromatic heterocycles. The second-order valence-corrected chi connectivity index (χ2v) is 5.99. The number of nitro benzene ring substituents is 1. The van der Waals surface area contributed by atoms with Gasteiger partial charge in [-0.15, -0.1) is 0 Å². The van der Waals surface area contributed by atoms with E-state index in [4.69, 9.17) is 11.6 Å². The molecular formula is C17H14ClN5O3. The van der Waals surface area contributed by atoms with E-state index in [1.165, 1.54) is 35.5 Å². The Hall–Kier alpha value is -3.26. The molecule has 0 saturated carbocycles. The Morgan fingerprint density at radius 1 is 1.31 bits per heavy atom. The maximum absolute atomic E-state index is 12.5. The largest absolute Gasteiger partial charge is 0.346 e. The zero-order chi connectivity index (χ0) is 18.7. The van der Waals surface area contributed by atoms with Gasteiger partial charge in [-0.3, -0.25) is 14.9 Å². The monoisotopic (exact) mass is 371 g/mol. The van der Waals surface area contributed by atoms with Crippen LogP contribution in [0.4, 0.5) is 5.69 Å². The van der Waals surface area contributed by atoms with Crippen molar-refractivity contribution < 1.29 is 9.72 Å². The lowest BCUT2D eigenvalue weighted by Crippen LogP contribution is -2.26. The van der Waals surface area contributed by atoms with Gasteiger partial charge in [0.1, 0.15) is 18.3 Å². The molecular weight excluding hydrogens is 358 g/mol. The van der Waals surface area contributed by atoms with E-state index in [-0.39, 0.29) is 23.0 Å². The number of carbonyl (C=O) groups excluding carboxylic acids is 1. The van der Waals surface area contributed by atoms with Crippen LogP contribution in [-0.2, 0) is 0 Å². The first-order valence-corrected chi connectivity index (χ1v) is 8.03. The number of amides is 1. The number of rotatable bonds is 5. The topological polar surface area (TPSA) is 103 Å². The number of hydrogen-bond acceptors (Lipinski definition) is 5. The van der Waals surface area contributed by atoms with Crippen LogP contribution in [-0.4, -0.2) is 25.6 Å². The lowest BCUT2D eigenvalue weighted by Gasteiger charge is -2.15. The zero-order valence-electron chi connectivity index (χ0n) is 13.7. The van der Waals surface area contributed by atoms with E-state index in [9.17, 15) is 14.9 Å². The molecule has 0 spiro atoms. The second-order valence-electron chi connectivity index (χ2n) is 5.55. The third-order valence-electron chi connectivity index (χ3n) is 3.80. The zero-order valence-corrected chi connectivity index (χ0v) is 14.4. The summed E-state index contributed by atoms with van der Waals surface area (Å²) in [6.07, 6.45) is 2.63. The van der Waals surface area contributed by atoms with Gasteiger partial charge in [-0.1, -0.05) is 23.7 Å². The van der Waals surface area contributed by atoms with Crippen molar-refractivity contribution in [2.45, 2.75) is 13.0 Å². The molecule has 1 N–H and O–H groups in total. The first-order chi connectivity index (χ1) is 12.5. The molecule has 8 nitrogen and oxygen atoms in total. The highest BCUT2D eigenvalue weighted by Crippen LogP contribution is 2.24. The van der Waals surface area contributed by atoms with E-state index in [0.717, 1.165) is 5.56 Å². The Labute approximate surface area is 153 Å². The first-order valence-electron chi connectivity index (χ1n) is 7.65. The minimum atomic E-state index is -0.561. The Morgan fingerprint density at radius 3 is 2.77 bits per heavy atom. The summed E-state index contributed by atoms with van der Waals surface area (Å²) in [7, 11) is 0. The van der Waals surface area contributed by atoms with E-state index in [1.54, 1.807) is 18.2 Å². The van der Waals surface area contributed by atoms with Crippen LogP contribution in [0.25, 0.3) is 5.69 Å². The van der Waals surface area contributed by atoms with Crippen molar-refractivity contribution >= 4 is 23.2 Å². The highest BCUT2D eigenvalue weighted by Gasteiger charge is 2.20. The smallest absolute Gasteiger partial charge is 0.295 e. The van der Waals surface area contributed by atoms with Crippen molar-refractivity contribution in [2.75, 3.05) is 0 Å². The molecule has 0 saturated heterocycles. The molecule has 3 rings (SSSR count). The highest BCUT2D eigenvalue weighted by atomic mass is 35.5. The van der Waals surface area contributed by atoms with Gasteiger partial charge in [0.25, 0.3) is 11.6 Å². The summed E-state index contributed by atoms with van der Waals surface area (Å²) in [6.45, 7) is 1.81. The number of carbonyl (C=O) groups is 1. The van der Waals surface area contributed by atoms with E-state index in [1.807, 2.05) is 13.0 Å². The van der Waals surface area contributed by atoms with Crippen LogP contribution in [0.3, 0.4) is 0 Å². The van der Waals surface area contributed by atoms with Gasteiger partial charge in [0.05, 0.1) is 11.0 Å². The van der Waals surface area contributed by atoms with E-state index in [0.29, 0.717) is 5.02 Å². The van der Waals surface area contributed by atoms with Crippen molar-refractivity contribution in [3.05, 3.63) is 81.4 Å². The van der Waals surface area contributed by atoms with Crippen LogP contribution < -0.4 is 5.32 Å². The Morgan fingerprint density at radius 2 is 2.12 bits per heavy atom. The molecule has 0 aliphatic heterocycles. The molecule has 1 amide bonds. The first kappa shape index (κ1) is 17.6. The highest BCUT2D eigenvalue weighted by molar-refractivity contribution is 6.30. The summed E-state index contributed by atoms with van der Waals surface area (Å²) < 4.78 is 1.27. The Balaban J connectivity index is 1.86. The number of nitro groups is 1. The number of nitrogens with one attached hydrogen (secondary N) is 1. The SMILES string of the molecule is C[C@@H](NC(=O)c1ccc(-n2cncn2)c([N+](=O)[O-])c1)c1cccc(Cl)c1. The summed E-state index contributed by atoms with van der Waals surface area (Å²) >= 11 is 5.96. The van der Waals surface area contributed by atoms with Crippen molar-refractivity contribution in [3.63, 3.8) is 0 Å². The number of nitrogens with zero attached hydrogens (tertiary/aromatic N) is 4. The lowest BCUT2D eigenvalue weighted by atomic mass is 10.1. The van der Waals surface area contributed by atoms with Crippen LogP contribution in [0.15, 0.2) is 55.1 Å². The summed E-state index contributed by atoms with van der Waals surface area (Å²) in [4.78, 5) is 27.1. The fraction of sp³-hybridized carbons (Fsp3) is 0.118. The van der Waals surface area contributed by atoms with Crippen LogP contribution in [0.2, 0.25) is 5.02 Å². The fourth-order valence-electron chi connectivity index (χ4n) is 2.48. The molecule has 0 bridgehead atoms. The minimum absolute atomic E-state index is 0.175. The molecule has 0 unspecified atom stereocenters. The standard InChI is InChI=1S/C17H14ClN5O3/c1-11(12-3-2-4-14(18)7-12)21-17(24)13-5-6-15(16(8-13)23(25)26)22-10-19-9-20-22/h2-11H,1H3,(H,21,24)/t11-/m1/s1. The predicted molar refractivity (Wildman–Crippen MR) is 95.3 cm³/mol. The normalized spacial score (nSPS) is 11.8. The van der Waals surface area contributed by atoms with Crippen molar-refractivity contribution in [1.29, 1.82) is 0 Å². The Kier molecular flexibility index (Phi) is 4.94. The van der Waals surface area contributed by atoms with Crippen LogP contribution in [0.1, 0.15) is 28.9 Å². The summed E-state index contributed by atoms with van der Waals surface area (Å²) in [5.41, 5.74) is 1.000. The molecule has 1 atom stereocenters. The molecule has 9 heteroatoms. The minimum Gasteiger partial charge on any atom is -0.346 e. The number of hydrogen-bond donors (Lipinski definition) is 1. The molecule has 0 fully saturated rings. The van der Waals surface area contributed by atoms with Gasteiger partial charge in [0.2, 0.25) is 0 Å². The number of aromatic nitrogens is 3. The van der Waals surface area contributed by atoms with Gasteiger partial charge in [-0.25, -0.2) is 9.67 Å². The van der Waals surface area contributed by atoms with Gasteiger partial charge in [0.15, 0.2) is 0 Å². The molecule has 132 valence electrons. The van der Waals surface area contributed by atoms with Crippen molar-refractivity contribution in [1.82, 2.24) is 20.1 Å². The van der Waals surface area contributed by atoms with Crippen LogP contribution in [0.5, 0.6) is 0 Å². The second kappa shape index (κ2) is 7.32.